The molecule has 3 saturated carbocycles. The van der Waals surface area contributed by atoms with Gasteiger partial charge in [-0.1, -0.05) is 53.9 Å². The summed E-state index contributed by atoms with van der Waals surface area (Å²) in [5.74, 6) is 6.98. The summed E-state index contributed by atoms with van der Waals surface area (Å²) >= 11 is 0. The fraction of sp³-hybridized carbons (Fsp3) is 0.926. The summed E-state index contributed by atoms with van der Waals surface area (Å²) < 4.78 is 0. The summed E-state index contributed by atoms with van der Waals surface area (Å²) in [6.07, 6.45) is 17.2. The molecule has 0 amide bonds. The van der Waals surface area contributed by atoms with Crippen LogP contribution < -0.4 is 0 Å². The Kier molecular flexibility index (Phi) is 5.69. The van der Waals surface area contributed by atoms with E-state index in [1.807, 2.05) is 0 Å². The summed E-state index contributed by atoms with van der Waals surface area (Å²) in [4.78, 5) is 0. The van der Waals surface area contributed by atoms with Gasteiger partial charge in [-0.15, -0.1) is 0 Å². The summed E-state index contributed by atoms with van der Waals surface area (Å²) in [7, 11) is 0. The van der Waals surface area contributed by atoms with Crippen LogP contribution in [0.3, 0.4) is 0 Å². The van der Waals surface area contributed by atoms with E-state index in [2.05, 4.69) is 40.7 Å². The summed E-state index contributed by atoms with van der Waals surface area (Å²) in [6, 6.07) is 0. The molecule has 0 unspecified atom stereocenters. The Bertz CT molecular complexity index is 591. The molecule has 0 bridgehead atoms. The Morgan fingerprint density at radius 3 is 2.46 bits per heavy atom. The Balaban J connectivity index is 1.48. The van der Waals surface area contributed by atoms with Crippen molar-refractivity contribution >= 4 is 0 Å². The first kappa shape index (κ1) is 20.8. The van der Waals surface area contributed by atoms with E-state index >= 15 is 0 Å². The second-order valence-electron chi connectivity index (χ2n) is 12.3. The lowest BCUT2D eigenvalue weighted by Gasteiger charge is -2.60. The number of aliphatic hydroxyl groups is 1. The first-order valence-corrected chi connectivity index (χ1v) is 12.6. The topological polar surface area (TPSA) is 20.2 Å². The molecule has 0 heterocycles. The van der Waals surface area contributed by atoms with Crippen LogP contribution in [0.4, 0.5) is 0 Å². The molecule has 4 aliphatic rings. The molecule has 0 aliphatic heterocycles. The smallest absolute Gasteiger partial charge is 0.0886 e. The van der Waals surface area contributed by atoms with Gasteiger partial charge in [0.2, 0.25) is 0 Å². The molecule has 160 valence electrons. The van der Waals surface area contributed by atoms with Crippen LogP contribution >= 0.6 is 0 Å². The lowest BCUT2D eigenvalue weighted by Crippen LogP contribution is -2.52. The standard InChI is InChI=1S/C27H46O/c1-18(2)7-6-8-19(3)23-11-12-24-22-10-9-20-17-21(28)13-15-26(20,4)25(22)14-16-27(23,24)5/h13,18-20,22-25,28H,6-12,14-17H2,1-5H3/t19-,20-,22-,23-,24-,25-,26+,27-/m1/s1. The van der Waals surface area contributed by atoms with E-state index in [0.29, 0.717) is 16.6 Å². The van der Waals surface area contributed by atoms with Crippen LogP contribution in [-0.4, -0.2) is 5.11 Å². The Labute approximate surface area is 174 Å². The predicted molar refractivity (Wildman–Crippen MR) is 119 cm³/mol. The molecule has 0 aromatic heterocycles. The van der Waals surface area contributed by atoms with Crippen molar-refractivity contribution in [1.82, 2.24) is 0 Å². The normalized spacial score (nSPS) is 46.5. The van der Waals surface area contributed by atoms with Crippen molar-refractivity contribution in [2.75, 3.05) is 0 Å². The van der Waals surface area contributed by atoms with Crippen molar-refractivity contribution in [2.24, 2.45) is 52.3 Å². The predicted octanol–water partition coefficient (Wildman–Crippen LogP) is 8.16. The Morgan fingerprint density at radius 1 is 0.964 bits per heavy atom. The van der Waals surface area contributed by atoms with E-state index in [9.17, 15) is 5.11 Å². The molecule has 28 heavy (non-hydrogen) atoms. The monoisotopic (exact) mass is 386 g/mol. The maximum atomic E-state index is 10.1. The van der Waals surface area contributed by atoms with Crippen molar-refractivity contribution < 1.29 is 5.11 Å². The van der Waals surface area contributed by atoms with E-state index in [0.717, 1.165) is 54.3 Å². The molecule has 1 nitrogen and oxygen atoms in total. The number of rotatable bonds is 5. The van der Waals surface area contributed by atoms with Gasteiger partial charge in [-0.3, -0.25) is 0 Å². The Morgan fingerprint density at radius 2 is 1.71 bits per heavy atom. The molecular weight excluding hydrogens is 340 g/mol. The molecule has 0 aromatic carbocycles. The van der Waals surface area contributed by atoms with Gasteiger partial charge in [0.1, 0.15) is 0 Å². The Hall–Kier alpha value is -0.460. The molecule has 0 saturated heterocycles. The highest BCUT2D eigenvalue weighted by molar-refractivity contribution is 5.14. The van der Waals surface area contributed by atoms with Gasteiger partial charge in [0, 0.05) is 6.42 Å². The number of fused-ring (bicyclic) bond motifs is 5. The van der Waals surface area contributed by atoms with Crippen molar-refractivity contribution in [3.8, 4) is 0 Å². The van der Waals surface area contributed by atoms with E-state index < -0.39 is 0 Å². The van der Waals surface area contributed by atoms with Gasteiger partial charge >= 0.3 is 0 Å². The quantitative estimate of drug-likeness (QED) is 0.505. The van der Waals surface area contributed by atoms with Crippen molar-refractivity contribution in [3.63, 3.8) is 0 Å². The third-order valence-electron chi connectivity index (χ3n) is 10.5. The van der Waals surface area contributed by atoms with Gasteiger partial charge in [0.15, 0.2) is 0 Å². The van der Waals surface area contributed by atoms with E-state index in [-0.39, 0.29) is 0 Å². The molecule has 8 atom stereocenters. The minimum absolute atomic E-state index is 0.456. The summed E-state index contributed by atoms with van der Waals surface area (Å²) in [5, 5.41) is 10.1. The molecule has 4 aliphatic carbocycles. The van der Waals surface area contributed by atoms with Gasteiger partial charge in [-0.2, -0.15) is 0 Å². The fourth-order valence-corrected chi connectivity index (χ4v) is 8.89. The summed E-state index contributed by atoms with van der Waals surface area (Å²) in [6.45, 7) is 12.6. The molecule has 3 fully saturated rings. The first-order chi connectivity index (χ1) is 13.3. The average molecular weight is 387 g/mol. The van der Waals surface area contributed by atoms with Crippen LogP contribution in [0.25, 0.3) is 0 Å². The number of aliphatic hydroxyl groups excluding tert-OH is 1. The molecule has 4 rings (SSSR count). The maximum Gasteiger partial charge on any atom is 0.0886 e. The molecule has 0 aromatic rings. The van der Waals surface area contributed by atoms with Crippen LogP contribution in [0.5, 0.6) is 0 Å². The van der Waals surface area contributed by atoms with Gasteiger partial charge in [0.25, 0.3) is 0 Å². The minimum atomic E-state index is 0.456. The molecule has 1 heteroatoms. The second kappa shape index (κ2) is 7.66. The van der Waals surface area contributed by atoms with Crippen LogP contribution in [0, 0.1) is 52.3 Å². The highest BCUT2D eigenvalue weighted by Crippen LogP contribution is 2.68. The van der Waals surface area contributed by atoms with E-state index in [4.69, 9.17) is 0 Å². The van der Waals surface area contributed by atoms with Crippen LogP contribution in [-0.2, 0) is 0 Å². The van der Waals surface area contributed by atoms with Crippen molar-refractivity contribution in [2.45, 2.75) is 105 Å². The SMILES string of the molecule is CC(C)CCC[C@@H](C)[C@H]1CC[C@@H]2[C@H]3CC[C@@H]4CC(O)=CC[C@]4(C)[C@@H]3CC[C@@]21C. The van der Waals surface area contributed by atoms with E-state index in [1.165, 1.54) is 57.8 Å². The van der Waals surface area contributed by atoms with Crippen LogP contribution in [0.15, 0.2) is 11.8 Å². The second-order valence-corrected chi connectivity index (χ2v) is 12.3. The van der Waals surface area contributed by atoms with Gasteiger partial charge in [-0.25, -0.2) is 0 Å². The first-order valence-electron chi connectivity index (χ1n) is 12.6. The van der Waals surface area contributed by atoms with Gasteiger partial charge in [0.05, 0.1) is 5.76 Å². The number of hydrogen-bond donors (Lipinski definition) is 1. The number of allylic oxidation sites excluding steroid dienone is 2. The van der Waals surface area contributed by atoms with E-state index in [1.54, 1.807) is 0 Å². The lowest BCUT2D eigenvalue weighted by atomic mass is 9.45. The maximum absolute atomic E-state index is 10.1. The third kappa shape index (κ3) is 3.37. The van der Waals surface area contributed by atoms with Crippen molar-refractivity contribution in [1.29, 1.82) is 0 Å². The molecule has 1 N–H and O–H groups in total. The van der Waals surface area contributed by atoms with Crippen LogP contribution in [0.1, 0.15) is 105 Å². The third-order valence-corrected chi connectivity index (χ3v) is 10.5. The zero-order valence-corrected chi connectivity index (χ0v) is 19.3. The average Bonchev–Trinajstić information content (AvgIpc) is 2.99. The highest BCUT2D eigenvalue weighted by Gasteiger charge is 2.60. The number of hydrogen-bond acceptors (Lipinski definition) is 1. The van der Waals surface area contributed by atoms with Crippen LogP contribution in [0.2, 0.25) is 0 Å². The largest absolute Gasteiger partial charge is 0.513 e. The lowest BCUT2D eigenvalue weighted by molar-refractivity contribution is -0.104. The zero-order valence-electron chi connectivity index (χ0n) is 19.3. The molecule has 0 spiro atoms. The zero-order chi connectivity index (χ0) is 20.1. The van der Waals surface area contributed by atoms with Gasteiger partial charge < -0.3 is 5.11 Å². The minimum Gasteiger partial charge on any atom is -0.513 e. The van der Waals surface area contributed by atoms with Gasteiger partial charge in [-0.05, 0) is 103 Å². The molecular formula is C27H46O. The molecule has 0 radical (unpaired) electrons. The fourth-order valence-electron chi connectivity index (χ4n) is 8.89. The summed E-state index contributed by atoms with van der Waals surface area (Å²) in [5.41, 5.74) is 1.06. The highest BCUT2D eigenvalue weighted by atomic mass is 16.3. The van der Waals surface area contributed by atoms with Crippen molar-refractivity contribution in [3.05, 3.63) is 11.8 Å².